The molecule has 0 bridgehead atoms. The number of nitro groups is 2. The van der Waals surface area contributed by atoms with Crippen molar-refractivity contribution in [2.75, 3.05) is 69.0 Å². The van der Waals surface area contributed by atoms with Gasteiger partial charge >= 0.3 is 17.8 Å². The molecule has 1 aliphatic carbocycles. The lowest BCUT2D eigenvalue weighted by Crippen LogP contribution is -2.43. The van der Waals surface area contributed by atoms with Crippen molar-refractivity contribution in [2.24, 2.45) is 5.92 Å². The summed E-state index contributed by atoms with van der Waals surface area (Å²) >= 11 is 11.6. The maximum Gasteiger partial charge on any atom is 0.416 e. The largest absolute Gasteiger partial charge is 0.778 e. The van der Waals surface area contributed by atoms with Crippen LogP contribution in [0.3, 0.4) is 0 Å². The number of carbonyl (C=O) groups is 5. The van der Waals surface area contributed by atoms with Gasteiger partial charge in [0.15, 0.2) is 27.2 Å². The fourth-order valence-corrected chi connectivity index (χ4v) is 8.33. The van der Waals surface area contributed by atoms with Crippen molar-refractivity contribution in [1.29, 1.82) is 0 Å². The number of benzene rings is 4. The number of anilines is 1. The molecule has 2 unspecified atom stereocenters. The molecule has 1 aliphatic rings. The van der Waals surface area contributed by atoms with Gasteiger partial charge in [0.2, 0.25) is 11.7 Å². The van der Waals surface area contributed by atoms with Gasteiger partial charge in [-0.1, -0.05) is 36.7 Å². The van der Waals surface area contributed by atoms with E-state index in [0.29, 0.717) is 23.9 Å². The van der Waals surface area contributed by atoms with E-state index in [1.807, 2.05) is 31.3 Å². The molecular weight excluding hydrogens is 1170 g/mol. The molecule has 2 atom stereocenters. The molecule has 4 aromatic rings. The summed E-state index contributed by atoms with van der Waals surface area (Å²) in [6.07, 6.45) is 3.60. The van der Waals surface area contributed by atoms with E-state index in [2.05, 4.69) is 31.8 Å². The molecule has 0 heterocycles. The molecule has 0 aliphatic heterocycles. The summed E-state index contributed by atoms with van der Waals surface area (Å²) in [4.78, 5) is 98.0. The number of hydrogen-bond donors (Lipinski definition) is 3. The Kier molecular flexibility index (Phi) is 30.3. The van der Waals surface area contributed by atoms with Crippen LogP contribution in [0.15, 0.2) is 77.7 Å². The second kappa shape index (κ2) is 33.7. The minimum absolute atomic E-state index is 0.0111. The number of ketones is 3. The second-order valence-corrected chi connectivity index (χ2v) is 24.1. The van der Waals surface area contributed by atoms with E-state index < -0.39 is 92.3 Å². The maximum absolute atomic E-state index is 12.6. The summed E-state index contributed by atoms with van der Waals surface area (Å²) in [5.41, 5.74) is 0.892. The second-order valence-electron chi connectivity index (χ2n) is 17.3. The third-order valence-electron chi connectivity index (χ3n) is 10.3. The SMILES string of the molecule is CCOc1cc(Oc2ccc(C(F)(F)F)cc2Cl)ccc1[N+](=O)[O-].CCc1cccc(C)c1N(C(=O)CCl)C(C)COC.CS(=O)(=O)c1ccc(C(=O)C2C(=O)CCCC2=O)c([N+](=O)[O-])c1.C[S+](C)C.O=C(O)CNCP(=O)([O-])O. The van der Waals surface area contributed by atoms with Gasteiger partial charge < -0.3 is 38.6 Å². The number of para-hydroxylation sites is 1. The Balaban J connectivity index is 0.000000539. The molecule has 4 aromatic carbocycles. The number of nitrogens with one attached hydrogen (secondary N) is 1. The van der Waals surface area contributed by atoms with Crippen molar-refractivity contribution in [3.05, 3.63) is 120 Å². The van der Waals surface area contributed by atoms with Gasteiger partial charge in [0.1, 0.15) is 30.9 Å². The van der Waals surface area contributed by atoms with E-state index in [1.165, 1.54) is 18.2 Å². The van der Waals surface area contributed by atoms with Crippen LogP contribution in [0.4, 0.5) is 30.2 Å². The molecule has 0 spiro atoms. The first-order chi connectivity index (χ1) is 37.1. The summed E-state index contributed by atoms with van der Waals surface area (Å²) in [6.45, 7) is 7.94. The summed E-state index contributed by atoms with van der Waals surface area (Å²) in [5.74, 6) is -4.78. The number of sulfone groups is 1. The summed E-state index contributed by atoms with van der Waals surface area (Å²) in [6, 6.07) is 15.2. The van der Waals surface area contributed by atoms with E-state index in [-0.39, 0.29) is 70.1 Å². The third-order valence-corrected chi connectivity index (χ3v) is 12.5. The van der Waals surface area contributed by atoms with Crippen molar-refractivity contribution in [1.82, 2.24) is 5.32 Å². The highest BCUT2D eigenvalue weighted by Gasteiger charge is 2.39. The number of amides is 1. The summed E-state index contributed by atoms with van der Waals surface area (Å²) in [7, 11) is -5.77. The zero-order valence-corrected chi connectivity index (χ0v) is 48.9. The molecule has 0 radical (unpaired) electrons. The molecule has 442 valence electrons. The van der Waals surface area contributed by atoms with E-state index in [9.17, 15) is 75.2 Å². The first-order valence-corrected chi connectivity index (χ1v) is 30.5. The van der Waals surface area contributed by atoms with Crippen LogP contribution in [-0.4, -0.2) is 128 Å². The van der Waals surface area contributed by atoms with Crippen molar-refractivity contribution in [3.63, 3.8) is 0 Å². The number of Topliss-reactive ketones (excluding diaryl/α,β-unsaturated/α-hetero) is 3. The van der Waals surface area contributed by atoms with E-state index in [0.717, 1.165) is 65.9 Å². The molecule has 0 saturated heterocycles. The van der Waals surface area contributed by atoms with Gasteiger partial charge in [0.05, 0.1) is 87.4 Å². The average Bonchev–Trinajstić information content (AvgIpc) is 3.34. The van der Waals surface area contributed by atoms with Crippen LogP contribution in [0.25, 0.3) is 0 Å². The predicted molar refractivity (Wildman–Crippen MR) is 294 cm³/mol. The van der Waals surface area contributed by atoms with Crippen LogP contribution in [-0.2, 0) is 61.8 Å². The number of methoxy groups -OCH3 is 1. The smallest absolute Gasteiger partial charge is 0.416 e. The number of nitro benzene ring substituents is 2. The van der Waals surface area contributed by atoms with Gasteiger partial charge in [-0.25, -0.2) is 8.42 Å². The summed E-state index contributed by atoms with van der Waals surface area (Å²) in [5, 5.41) is 31.8. The number of hydrogen-bond acceptors (Lipinski definition) is 17. The lowest BCUT2D eigenvalue weighted by molar-refractivity contribution is -0.385. The first-order valence-electron chi connectivity index (χ1n) is 23.5. The van der Waals surface area contributed by atoms with Crippen molar-refractivity contribution < 1.29 is 89.1 Å². The van der Waals surface area contributed by atoms with Crippen molar-refractivity contribution >= 4 is 97.8 Å². The molecule has 5 rings (SSSR count). The Morgan fingerprint density at radius 3 is 2.00 bits per heavy atom. The molecule has 1 amide bonds. The standard InChI is InChI=1S/C15H11ClF3NO4.C15H22ClNO2.C14H13NO7S.C3H8NO5P.C3H9S/c1-2-23-14-8-10(4-5-12(14)20(21)22)24-13-6-3-9(7-11(13)16)15(17,18)19;1-5-13-8-6-7-11(2)15(13)17(14(18)9-16)12(3)10-19-4;1-23(21,22)8-5-6-9(10(7-8)15(19)20)14(18)13-11(16)3-2-4-12(13)17;5-3(6)1-4-2-10(7,8)9;1-4(2)3/h3-8H,2H2,1H3;6-8,12H,5,9-10H2,1-4H3;5-7,13H,2-4H2,1H3;4H,1-2H2,(H,5,6)(H2,7,8,9);1-3H3/q;;;;+1/p-1. The third kappa shape index (κ3) is 24.4. The minimum Gasteiger partial charge on any atom is -0.778 e. The van der Waals surface area contributed by atoms with E-state index in [4.69, 9.17) is 47.4 Å². The molecule has 1 saturated carbocycles. The number of ether oxygens (including phenoxy) is 3. The fourth-order valence-electron chi connectivity index (χ4n) is 6.95. The van der Waals surface area contributed by atoms with Crippen LogP contribution in [0.5, 0.6) is 17.2 Å². The number of aliphatic carboxylic acids is 1. The van der Waals surface area contributed by atoms with Crippen molar-refractivity contribution in [2.45, 2.75) is 70.5 Å². The van der Waals surface area contributed by atoms with Gasteiger partial charge in [-0.2, -0.15) is 13.2 Å². The maximum atomic E-state index is 12.6. The van der Waals surface area contributed by atoms with Gasteiger partial charge in [-0.15, -0.1) is 11.6 Å². The highest BCUT2D eigenvalue weighted by Crippen LogP contribution is 2.39. The molecule has 80 heavy (non-hydrogen) atoms. The van der Waals surface area contributed by atoms with Crippen LogP contribution in [0, 0.1) is 33.1 Å². The number of aryl methyl sites for hydroxylation is 2. The lowest BCUT2D eigenvalue weighted by atomic mass is 9.81. The van der Waals surface area contributed by atoms with Crippen LogP contribution < -0.4 is 24.6 Å². The number of carbonyl (C=O) groups excluding carboxylic acids is 4. The van der Waals surface area contributed by atoms with Crippen LogP contribution in [0.2, 0.25) is 5.02 Å². The number of carboxylic acid groups (broad SMARTS) is 1. The average molecular weight is 1230 g/mol. The minimum atomic E-state index is -4.52. The number of carboxylic acids is 1. The number of rotatable bonds is 19. The quantitative estimate of drug-likeness (QED) is 0.0151. The first kappa shape index (κ1) is 72.0. The Hall–Kier alpha value is -6.03. The number of alkyl halides is 4. The molecule has 22 nitrogen and oxygen atoms in total. The molecule has 0 aromatic heterocycles. The van der Waals surface area contributed by atoms with Gasteiger partial charge in [-0.05, 0) is 92.0 Å². The molecule has 3 N–H and O–H groups in total. The monoisotopic (exact) mass is 1230 g/mol. The van der Waals surface area contributed by atoms with Gasteiger partial charge in [0.25, 0.3) is 5.69 Å². The lowest BCUT2D eigenvalue weighted by Gasteiger charge is -2.31. The van der Waals surface area contributed by atoms with Crippen LogP contribution in [0.1, 0.15) is 67.1 Å². The highest BCUT2D eigenvalue weighted by molar-refractivity contribution is 7.94. The zero-order chi connectivity index (χ0) is 61.5. The Morgan fingerprint density at radius 1 is 0.950 bits per heavy atom. The Bertz CT molecular complexity index is 2970. The van der Waals surface area contributed by atoms with Crippen molar-refractivity contribution in [3.8, 4) is 17.2 Å². The fraction of sp³-hybridized carbons (Fsp3) is 0.420. The highest BCUT2D eigenvalue weighted by atomic mass is 35.5. The molecule has 30 heteroatoms. The van der Waals surface area contributed by atoms with E-state index >= 15 is 0 Å². The normalized spacial score (nSPS) is 13.5. The van der Waals surface area contributed by atoms with Gasteiger partial charge in [-0.3, -0.25) is 49.5 Å². The van der Waals surface area contributed by atoms with Crippen LogP contribution >= 0.6 is 30.8 Å². The topological polar surface area (TPSA) is 329 Å². The Labute approximate surface area is 473 Å². The molecule has 1 fully saturated rings. The predicted octanol–water partition coefficient (Wildman–Crippen LogP) is 8.40. The van der Waals surface area contributed by atoms with Gasteiger partial charge in [0, 0.05) is 44.4 Å². The molecular formula is C50H62Cl2F3N4O18PS2. The Morgan fingerprint density at radius 2 is 1.54 bits per heavy atom. The zero-order valence-electron chi connectivity index (χ0n) is 44.9. The number of nitrogens with zero attached hydrogens (tertiary/aromatic N) is 3. The number of halogens is 5. The summed E-state index contributed by atoms with van der Waals surface area (Å²) < 4.78 is 86.5. The van der Waals surface area contributed by atoms with E-state index in [1.54, 1.807) is 18.9 Å².